The topological polar surface area (TPSA) is 61.9 Å². The monoisotopic (exact) mass is 407 g/mol. The number of hydrogen-bond donors (Lipinski definition) is 1. The van der Waals surface area contributed by atoms with E-state index >= 15 is 0 Å². The summed E-state index contributed by atoms with van der Waals surface area (Å²) in [7, 11) is 0. The van der Waals surface area contributed by atoms with Gasteiger partial charge in [-0.25, -0.2) is 0 Å². The zero-order chi connectivity index (χ0) is 21.5. The molecule has 30 heavy (non-hydrogen) atoms. The number of benzene rings is 2. The van der Waals surface area contributed by atoms with Gasteiger partial charge in [0.05, 0.1) is 6.54 Å². The molecule has 2 amide bonds. The molecule has 0 spiro atoms. The molecule has 0 atom stereocenters. The molecule has 1 aliphatic rings. The van der Waals surface area contributed by atoms with Gasteiger partial charge < -0.3 is 15.0 Å². The number of rotatable bonds is 7. The van der Waals surface area contributed by atoms with Gasteiger partial charge in [-0.1, -0.05) is 24.8 Å². The van der Waals surface area contributed by atoms with Crippen LogP contribution in [0.15, 0.2) is 55.1 Å². The molecule has 2 aromatic rings. The molecule has 0 radical (unpaired) electrons. The minimum absolute atomic E-state index is 0.00441. The quantitative estimate of drug-likeness (QED) is 0.716. The molecule has 0 saturated carbocycles. The second-order valence-corrected chi connectivity index (χ2v) is 7.49. The van der Waals surface area contributed by atoms with Gasteiger partial charge in [-0.3, -0.25) is 14.5 Å². The van der Waals surface area contributed by atoms with E-state index in [4.69, 9.17) is 4.74 Å². The number of nitrogens with zero attached hydrogens (tertiary/aromatic N) is 2. The maximum absolute atomic E-state index is 12.7. The zero-order valence-electron chi connectivity index (χ0n) is 17.7. The smallest absolute Gasteiger partial charge is 0.253 e. The Morgan fingerprint density at radius 1 is 1.07 bits per heavy atom. The summed E-state index contributed by atoms with van der Waals surface area (Å²) in [5, 5.41) is 3.00. The lowest BCUT2D eigenvalue weighted by Gasteiger charge is -2.34. The first-order chi connectivity index (χ1) is 14.5. The maximum atomic E-state index is 12.7. The molecule has 1 aliphatic heterocycles. The molecule has 0 unspecified atom stereocenters. The van der Waals surface area contributed by atoms with Gasteiger partial charge in [0, 0.05) is 37.4 Å². The molecule has 6 heteroatoms. The average Bonchev–Trinajstić information content (AvgIpc) is 2.76. The largest absolute Gasteiger partial charge is 0.490 e. The van der Waals surface area contributed by atoms with Gasteiger partial charge in [0.25, 0.3) is 5.91 Å². The van der Waals surface area contributed by atoms with Crippen molar-refractivity contribution in [2.24, 2.45) is 0 Å². The van der Waals surface area contributed by atoms with Gasteiger partial charge in [-0.15, -0.1) is 0 Å². The number of hydrogen-bond acceptors (Lipinski definition) is 4. The van der Waals surface area contributed by atoms with Crippen molar-refractivity contribution in [2.75, 3.05) is 44.6 Å². The third-order valence-electron chi connectivity index (χ3n) is 5.37. The van der Waals surface area contributed by atoms with E-state index in [0.717, 1.165) is 16.8 Å². The SMILES string of the molecule is C=CCOc1ccc(C(=O)N2CCN(CC(=O)Nc3cccc(C)c3C)CC2)cc1. The van der Waals surface area contributed by atoms with E-state index in [1.54, 1.807) is 30.3 Å². The Morgan fingerprint density at radius 3 is 2.43 bits per heavy atom. The standard InChI is InChI=1S/C24H29N3O3/c1-4-16-30-21-10-8-20(9-11-21)24(29)27-14-12-26(13-15-27)17-23(28)25-22-7-5-6-18(2)19(22)3/h4-11H,1,12-17H2,2-3H3,(H,25,28). The molecule has 3 rings (SSSR count). The summed E-state index contributed by atoms with van der Waals surface area (Å²) < 4.78 is 5.46. The van der Waals surface area contributed by atoms with Crippen molar-refractivity contribution < 1.29 is 14.3 Å². The first-order valence-electron chi connectivity index (χ1n) is 10.2. The summed E-state index contributed by atoms with van der Waals surface area (Å²) in [5.41, 5.74) is 3.74. The van der Waals surface area contributed by atoms with Crippen LogP contribution in [0.4, 0.5) is 5.69 Å². The van der Waals surface area contributed by atoms with Gasteiger partial charge in [0.2, 0.25) is 5.91 Å². The minimum Gasteiger partial charge on any atom is -0.490 e. The lowest BCUT2D eigenvalue weighted by atomic mass is 10.1. The Morgan fingerprint density at radius 2 is 1.77 bits per heavy atom. The maximum Gasteiger partial charge on any atom is 0.253 e. The number of nitrogens with one attached hydrogen (secondary N) is 1. The predicted molar refractivity (Wildman–Crippen MR) is 119 cm³/mol. The predicted octanol–water partition coefficient (Wildman–Crippen LogP) is 3.26. The lowest BCUT2D eigenvalue weighted by Crippen LogP contribution is -2.50. The highest BCUT2D eigenvalue weighted by Gasteiger charge is 2.23. The van der Waals surface area contributed by atoms with Crippen LogP contribution >= 0.6 is 0 Å². The van der Waals surface area contributed by atoms with Crippen molar-refractivity contribution in [3.05, 3.63) is 71.8 Å². The first-order valence-corrected chi connectivity index (χ1v) is 10.2. The summed E-state index contributed by atoms with van der Waals surface area (Å²) in [6.45, 7) is 11.0. The van der Waals surface area contributed by atoms with E-state index in [-0.39, 0.29) is 11.8 Å². The van der Waals surface area contributed by atoms with Crippen molar-refractivity contribution in [3.63, 3.8) is 0 Å². The fourth-order valence-corrected chi connectivity index (χ4v) is 3.42. The molecule has 6 nitrogen and oxygen atoms in total. The van der Waals surface area contributed by atoms with Crippen molar-refractivity contribution in [3.8, 4) is 5.75 Å². The molecule has 1 fully saturated rings. The van der Waals surface area contributed by atoms with E-state index in [2.05, 4.69) is 16.8 Å². The van der Waals surface area contributed by atoms with Gasteiger partial charge in [-0.2, -0.15) is 0 Å². The van der Waals surface area contributed by atoms with E-state index in [1.807, 2.05) is 36.9 Å². The van der Waals surface area contributed by atoms with E-state index < -0.39 is 0 Å². The van der Waals surface area contributed by atoms with Crippen LogP contribution in [-0.2, 0) is 4.79 Å². The number of piperazine rings is 1. The Balaban J connectivity index is 1.48. The fraction of sp³-hybridized carbons (Fsp3) is 0.333. The van der Waals surface area contributed by atoms with Gasteiger partial charge >= 0.3 is 0 Å². The fourth-order valence-electron chi connectivity index (χ4n) is 3.42. The molecular weight excluding hydrogens is 378 g/mol. The molecule has 1 saturated heterocycles. The molecule has 1 N–H and O–H groups in total. The highest BCUT2D eigenvalue weighted by molar-refractivity contribution is 5.95. The van der Waals surface area contributed by atoms with Crippen molar-refractivity contribution in [1.82, 2.24) is 9.80 Å². The molecule has 1 heterocycles. The number of amides is 2. The Kier molecular flexibility index (Phi) is 7.25. The molecule has 158 valence electrons. The van der Waals surface area contributed by atoms with E-state index in [1.165, 1.54) is 0 Å². The molecule has 0 bridgehead atoms. The van der Waals surface area contributed by atoms with Crippen LogP contribution in [0.2, 0.25) is 0 Å². The summed E-state index contributed by atoms with van der Waals surface area (Å²) in [4.78, 5) is 29.1. The summed E-state index contributed by atoms with van der Waals surface area (Å²) in [6, 6.07) is 13.1. The van der Waals surface area contributed by atoms with Crippen LogP contribution in [0.1, 0.15) is 21.5 Å². The van der Waals surface area contributed by atoms with Crippen LogP contribution in [0.25, 0.3) is 0 Å². The van der Waals surface area contributed by atoms with Crippen LogP contribution in [0.5, 0.6) is 5.75 Å². The van der Waals surface area contributed by atoms with Crippen LogP contribution in [0.3, 0.4) is 0 Å². The highest BCUT2D eigenvalue weighted by Crippen LogP contribution is 2.18. The van der Waals surface area contributed by atoms with Crippen LogP contribution < -0.4 is 10.1 Å². The van der Waals surface area contributed by atoms with Gasteiger partial charge in [0.1, 0.15) is 12.4 Å². The normalized spacial score (nSPS) is 14.3. The summed E-state index contributed by atoms with van der Waals surface area (Å²) in [5.74, 6) is 0.689. The minimum atomic E-state index is -0.0291. The number of aryl methyl sites for hydroxylation is 1. The zero-order valence-corrected chi connectivity index (χ0v) is 17.7. The molecular formula is C24H29N3O3. The van der Waals surface area contributed by atoms with Crippen molar-refractivity contribution >= 4 is 17.5 Å². The Bertz CT molecular complexity index is 900. The third-order valence-corrected chi connectivity index (χ3v) is 5.37. The first kappa shape index (κ1) is 21.6. The van der Waals surface area contributed by atoms with Crippen molar-refractivity contribution in [2.45, 2.75) is 13.8 Å². The number of carbonyl (C=O) groups is 2. The third kappa shape index (κ3) is 5.48. The molecule has 0 aromatic heterocycles. The summed E-state index contributed by atoms with van der Waals surface area (Å²) >= 11 is 0. The van der Waals surface area contributed by atoms with Crippen molar-refractivity contribution in [1.29, 1.82) is 0 Å². The Labute approximate surface area is 178 Å². The Hall–Kier alpha value is -3.12. The second kappa shape index (κ2) is 10.1. The number of ether oxygens (including phenoxy) is 1. The lowest BCUT2D eigenvalue weighted by molar-refractivity contribution is -0.117. The highest BCUT2D eigenvalue weighted by atomic mass is 16.5. The van der Waals surface area contributed by atoms with Gasteiger partial charge in [0.15, 0.2) is 0 Å². The second-order valence-electron chi connectivity index (χ2n) is 7.49. The molecule has 2 aromatic carbocycles. The molecule has 0 aliphatic carbocycles. The summed E-state index contributed by atoms with van der Waals surface area (Å²) in [6.07, 6.45) is 1.68. The van der Waals surface area contributed by atoms with Crippen LogP contribution in [-0.4, -0.2) is 60.9 Å². The average molecular weight is 408 g/mol. The van der Waals surface area contributed by atoms with Gasteiger partial charge in [-0.05, 0) is 55.3 Å². The van der Waals surface area contributed by atoms with E-state index in [0.29, 0.717) is 50.6 Å². The van der Waals surface area contributed by atoms with Crippen LogP contribution in [0, 0.1) is 13.8 Å². The number of carbonyl (C=O) groups excluding carboxylic acids is 2. The number of anilines is 1. The van der Waals surface area contributed by atoms with E-state index in [9.17, 15) is 9.59 Å².